The molecule has 0 aromatic carbocycles. The lowest BCUT2D eigenvalue weighted by Gasteiger charge is -2.07. The van der Waals surface area contributed by atoms with Crippen molar-refractivity contribution >= 4 is 5.97 Å². The molecule has 2 aromatic rings. The van der Waals surface area contributed by atoms with Crippen LogP contribution in [0, 0.1) is 11.3 Å². The first-order valence-corrected chi connectivity index (χ1v) is 5.30. The Morgan fingerprint density at radius 1 is 1.53 bits per heavy atom. The summed E-state index contributed by atoms with van der Waals surface area (Å²) in [5.74, 6) is -1.14. The molecule has 0 fully saturated rings. The number of ether oxygens (including phenoxy) is 1. The van der Waals surface area contributed by atoms with Gasteiger partial charge in [0.1, 0.15) is 17.5 Å². The van der Waals surface area contributed by atoms with Crippen LogP contribution in [0.25, 0.3) is 11.1 Å². The van der Waals surface area contributed by atoms with Gasteiger partial charge in [-0.3, -0.25) is 4.98 Å². The Morgan fingerprint density at radius 3 is 2.89 bits per heavy atom. The van der Waals surface area contributed by atoms with Crippen LogP contribution < -0.4 is 0 Å². The first kappa shape index (κ1) is 12.5. The van der Waals surface area contributed by atoms with Gasteiger partial charge >= 0.3 is 5.97 Å². The fourth-order valence-corrected chi connectivity index (χ4v) is 1.58. The number of aromatic hydroxyl groups is 1. The lowest BCUT2D eigenvalue weighted by Crippen LogP contribution is -2.06. The number of esters is 1. The topological polar surface area (TPSA) is 96.1 Å². The molecule has 0 unspecified atom stereocenters. The zero-order chi connectivity index (χ0) is 13.8. The van der Waals surface area contributed by atoms with Crippen molar-refractivity contribution in [3.8, 4) is 22.9 Å². The fraction of sp³-hybridized carbons (Fsp3) is 0.0769. The molecule has 0 bridgehead atoms. The van der Waals surface area contributed by atoms with E-state index in [1.807, 2.05) is 6.07 Å². The number of hydrogen-bond donors (Lipinski definition) is 1. The molecule has 1 N–H and O–H groups in total. The van der Waals surface area contributed by atoms with Gasteiger partial charge < -0.3 is 9.84 Å². The highest BCUT2D eigenvalue weighted by Gasteiger charge is 2.18. The second-order valence-corrected chi connectivity index (χ2v) is 3.60. The largest absolute Gasteiger partial charge is 0.505 e. The molecule has 2 heterocycles. The van der Waals surface area contributed by atoms with E-state index >= 15 is 0 Å². The van der Waals surface area contributed by atoms with Gasteiger partial charge in [-0.15, -0.1) is 0 Å². The van der Waals surface area contributed by atoms with Crippen LogP contribution in [0.2, 0.25) is 0 Å². The minimum atomic E-state index is -0.799. The van der Waals surface area contributed by atoms with Crippen molar-refractivity contribution in [2.24, 2.45) is 0 Å². The monoisotopic (exact) mass is 255 g/mol. The first-order valence-electron chi connectivity index (χ1n) is 5.30. The third-order valence-corrected chi connectivity index (χ3v) is 2.46. The van der Waals surface area contributed by atoms with E-state index in [2.05, 4.69) is 14.7 Å². The highest BCUT2D eigenvalue weighted by molar-refractivity contribution is 5.91. The number of pyridine rings is 2. The second kappa shape index (κ2) is 5.14. The molecule has 0 amide bonds. The molecule has 2 aromatic heterocycles. The van der Waals surface area contributed by atoms with Crippen molar-refractivity contribution in [3.63, 3.8) is 0 Å². The molecule has 19 heavy (non-hydrogen) atoms. The van der Waals surface area contributed by atoms with Gasteiger partial charge in [0, 0.05) is 23.5 Å². The Bertz CT molecular complexity index is 663. The van der Waals surface area contributed by atoms with Crippen LogP contribution in [0.15, 0.2) is 30.6 Å². The van der Waals surface area contributed by atoms with Crippen molar-refractivity contribution in [1.29, 1.82) is 5.26 Å². The molecule has 6 heteroatoms. The third-order valence-electron chi connectivity index (χ3n) is 2.46. The predicted octanol–water partition coefficient (Wildman–Crippen LogP) is 1.51. The lowest BCUT2D eigenvalue weighted by atomic mass is 10.1. The minimum absolute atomic E-state index is 0.0196. The van der Waals surface area contributed by atoms with Crippen LogP contribution in [-0.4, -0.2) is 28.2 Å². The van der Waals surface area contributed by atoms with E-state index in [-0.39, 0.29) is 17.1 Å². The zero-order valence-electron chi connectivity index (χ0n) is 9.99. The molecule has 0 aliphatic heterocycles. The number of carbonyl (C=O) groups excluding carboxylic acids is 1. The standard InChI is InChI=1S/C13H9N3O3/c1-19-13(18)12-11(17)5-9(10(6-14)16-12)8-3-2-4-15-7-8/h2-5,7,17H,1H3. The average Bonchev–Trinajstić information content (AvgIpc) is 2.47. The molecule has 6 nitrogen and oxygen atoms in total. The van der Waals surface area contributed by atoms with E-state index in [9.17, 15) is 9.90 Å². The van der Waals surface area contributed by atoms with E-state index in [1.165, 1.54) is 19.4 Å². The molecular weight excluding hydrogens is 246 g/mol. The molecule has 0 aliphatic rings. The SMILES string of the molecule is COC(=O)c1nc(C#N)c(-c2cccnc2)cc1O. The maximum Gasteiger partial charge on any atom is 0.360 e. The maximum absolute atomic E-state index is 11.4. The van der Waals surface area contributed by atoms with Gasteiger partial charge in [0.15, 0.2) is 5.69 Å². The summed E-state index contributed by atoms with van der Waals surface area (Å²) in [6.07, 6.45) is 3.13. The molecule has 0 saturated heterocycles. The van der Waals surface area contributed by atoms with Gasteiger partial charge in [-0.25, -0.2) is 9.78 Å². The molecule has 0 radical (unpaired) electrons. The molecule has 0 spiro atoms. The van der Waals surface area contributed by atoms with Crippen molar-refractivity contribution < 1.29 is 14.6 Å². The van der Waals surface area contributed by atoms with Gasteiger partial charge in [-0.05, 0) is 12.1 Å². The summed E-state index contributed by atoms with van der Waals surface area (Å²) in [5, 5.41) is 18.9. The van der Waals surface area contributed by atoms with Gasteiger partial charge in [-0.1, -0.05) is 6.07 Å². The molecule has 0 aliphatic carbocycles. The van der Waals surface area contributed by atoms with Gasteiger partial charge in [0.05, 0.1) is 7.11 Å². The van der Waals surface area contributed by atoms with Crippen LogP contribution in [0.5, 0.6) is 5.75 Å². The van der Waals surface area contributed by atoms with Crippen LogP contribution in [-0.2, 0) is 4.74 Å². The Morgan fingerprint density at radius 2 is 2.32 bits per heavy atom. The summed E-state index contributed by atoms with van der Waals surface area (Å²) in [7, 11) is 1.17. The van der Waals surface area contributed by atoms with Crippen LogP contribution in [0.3, 0.4) is 0 Å². The number of nitriles is 1. The maximum atomic E-state index is 11.4. The van der Waals surface area contributed by atoms with Gasteiger partial charge in [0.2, 0.25) is 0 Å². The Balaban J connectivity index is 2.62. The summed E-state index contributed by atoms with van der Waals surface area (Å²) in [5.41, 5.74) is 0.761. The van der Waals surface area contributed by atoms with Crippen LogP contribution in [0.1, 0.15) is 16.2 Å². The summed E-state index contributed by atoms with van der Waals surface area (Å²) < 4.78 is 4.48. The van der Waals surface area contributed by atoms with Crippen LogP contribution in [0.4, 0.5) is 0 Å². The Labute approximate surface area is 108 Å². The van der Waals surface area contributed by atoms with E-state index in [4.69, 9.17) is 5.26 Å². The van der Waals surface area contributed by atoms with Crippen molar-refractivity contribution in [2.75, 3.05) is 7.11 Å². The zero-order valence-corrected chi connectivity index (χ0v) is 9.99. The van der Waals surface area contributed by atoms with Gasteiger partial charge in [0.25, 0.3) is 0 Å². The van der Waals surface area contributed by atoms with Crippen molar-refractivity contribution in [1.82, 2.24) is 9.97 Å². The van der Waals surface area contributed by atoms with Gasteiger partial charge in [-0.2, -0.15) is 5.26 Å². The Hall–Kier alpha value is -2.94. The number of carbonyl (C=O) groups is 1. The smallest absolute Gasteiger partial charge is 0.360 e. The number of rotatable bonds is 2. The summed E-state index contributed by atoms with van der Waals surface area (Å²) in [4.78, 5) is 19.1. The number of hydrogen-bond acceptors (Lipinski definition) is 6. The van der Waals surface area contributed by atoms with E-state index in [0.717, 1.165) is 0 Å². The van der Waals surface area contributed by atoms with Crippen molar-refractivity contribution in [2.45, 2.75) is 0 Å². The number of aromatic nitrogens is 2. The molecule has 0 saturated carbocycles. The number of methoxy groups -OCH3 is 1. The number of nitrogens with zero attached hydrogens (tertiary/aromatic N) is 3. The van der Waals surface area contributed by atoms with E-state index in [1.54, 1.807) is 18.3 Å². The lowest BCUT2D eigenvalue weighted by molar-refractivity contribution is 0.0590. The normalized spacial score (nSPS) is 9.68. The van der Waals surface area contributed by atoms with E-state index in [0.29, 0.717) is 11.1 Å². The average molecular weight is 255 g/mol. The summed E-state index contributed by atoms with van der Waals surface area (Å²) >= 11 is 0. The predicted molar refractivity (Wildman–Crippen MR) is 65.2 cm³/mol. The molecule has 0 atom stereocenters. The minimum Gasteiger partial charge on any atom is -0.505 e. The third kappa shape index (κ3) is 2.35. The first-order chi connectivity index (χ1) is 9.17. The van der Waals surface area contributed by atoms with Crippen molar-refractivity contribution in [3.05, 3.63) is 42.0 Å². The fourth-order valence-electron chi connectivity index (χ4n) is 1.58. The summed E-state index contributed by atoms with van der Waals surface area (Å²) in [6, 6.07) is 6.60. The highest BCUT2D eigenvalue weighted by atomic mass is 16.5. The molecule has 94 valence electrons. The highest BCUT2D eigenvalue weighted by Crippen LogP contribution is 2.27. The van der Waals surface area contributed by atoms with E-state index < -0.39 is 5.97 Å². The molecular formula is C13H9N3O3. The quantitative estimate of drug-likeness (QED) is 0.817. The van der Waals surface area contributed by atoms with Crippen LogP contribution >= 0.6 is 0 Å². The molecule has 2 rings (SSSR count). The second-order valence-electron chi connectivity index (χ2n) is 3.60. The Kier molecular flexibility index (Phi) is 3.39. The summed E-state index contributed by atoms with van der Waals surface area (Å²) in [6.45, 7) is 0.